The Morgan fingerprint density at radius 1 is 0.340 bits per heavy atom. The van der Waals surface area contributed by atoms with Gasteiger partial charge in [-0.2, -0.15) is 0 Å². The minimum Gasteiger partial charge on any atom is -0.395 e. The molecule has 4 aliphatic rings. The van der Waals surface area contributed by atoms with Crippen LogP contribution in [0.3, 0.4) is 0 Å². The molecule has 53 heavy (non-hydrogen) atoms. The summed E-state index contributed by atoms with van der Waals surface area (Å²) in [5.74, 6) is 0. The number of hydrogen-bond donors (Lipinski definition) is 0. The van der Waals surface area contributed by atoms with Gasteiger partial charge in [-0.1, -0.05) is 0 Å². The summed E-state index contributed by atoms with van der Waals surface area (Å²) in [5.41, 5.74) is 0. The average Bonchev–Trinajstić information content (AvgIpc) is 2.86. The maximum atomic E-state index is 7.01. The Labute approximate surface area is 338 Å². The predicted octanol–water partition coefficient (Wildman–Crippen LogP) is 1.80. The van der Waals surface area contributed by atoms with E-state index < -0.39 is 142 Å². The van der Waals surface area contributed by atoms with Crippen molar-refractivity contribution >= 4 is 146 Å². The van der Waals surface area contributed by atoms with Crippen LogP contribution in [-0.4, -0.2) is 153 Å². The van der Waals surface area contributed by atoms with Gasteiger partial charge in [0.05, 0.1) is 0 Å². The molecule has 301 valence electrons. The number of fused-ring (bicyclic) bond motifs is 4. The number of rotatable bonds is 17. The van der Waals surface area contributed by atoms with Gasteiger partial charge < -0.3 is 83.2 Å². The third-order valence-electron chi connectivity index (χ3n) is 5.49. The monoisotopic (exact) mass is 1020 g/mol. The Bertz CT molecular complexity index is 1150. The van der Waals surface area contributed by atoms with Crippen LogP contribution in [0.4, 0.5) is 0 Å². The first-order chi connectivity index (χ1) is 24.3. The van der Waals surface area contributed by atoms with Gasteiger partial charge in [-0.3, -0.25) is 0 Å². The van der Waals surface area contributed by atoms with E-state index in [0.717, 1.165) is 0 Å². The third kappa shape index (κ3) is 12.8. The van der Waals surface area contributed by atoms with E-state index in [0.29, 0.717) is 0 Å². The first kappa shape index (κ1) is 48.3. The van der Waals surface area contributed by atoms with Crippen LogP contribution < -0.4 is 0 Å². The minimum absolute atomic E-state index is 1.59. The Balaban J connectivity index is 2.24. The summed E-state index contributed by atoms with van der Waals surface area (Å²) >= 11 is 0. The van der Waals surface area contributed by atoms with Crippen LogP contribution in [0.5, 0.6) is 0 Å². The van der Waals surface area contributed by atoms with Gasteiger partial charge in [-0.25, -0.2) is 0 Å². The van der Waals surface area contributed by atoms with Crippen LogP contribution in [-0.2, 0) is 83.2 Å². The second-order valence-corrected chi connectivity index (χ2v) is 49.3. The maximum absolute atomic E-state index is 7.01. The van der Waals surface area contributed by atoms with E-state index in [4.69, 9.17) is 83.2 Å². The van der Waals surface area contributed by atoms with Crippen molar-refractivity contribution in [2.24, 2.45) is 0 Å². The van der Waals surface area contributed by atoms with E-state index in [1.165, 1.54) is 0 Å². The van der Waals surface area contributed by atoms with E-state index in [9.17, 15) is 0 Å². The van der Waals surface area contributed by atoms with Crippen LogP contribution in [0.25, 0.3) is 0 Å². The van der Waals surface area contributed by atoms with Crippen molar-refractivity contribution in [1.82, 2.24) is 0 Å². The molecule has 0 aromatic carbocycles. The first-order valence-corrected chi connectivity index (χ1v) is 47.4. The minimum atomic E-state index is -4.91. The molecule has 11 radical (unpaired) electrons. The zero-order chi connectivity index (χ0) is 39.8. The van der Waals surface area contributed by atoms with E-state index >= 15 is 0 Å². The lowest BCUT2D eigenvalue weighted by molar-refractivity contribution is -0.231. The Morgan fingerprint density at radius 3 is 0.830 bits per heavy atom. The van der Waals surface area contributed by atoms with Crippen molar-refractivity contribution in [1.29, 1.82) is 0 Å². The highest BCUT2D eigenvalue weighted by molar-refractivity contribution is 6.97. The van der Waals surface area contributed by atoms with Crippen LogP contribution in [0.1, 0.15) is 0 Å². The lowest BCUT2D eigenvalue weighted by Crippen LogP contribution is -2.87. The smallest absolute Gasteiger partial charge is 0.395 e. The van der Waals surface area contributed by atoms with Gasteiger partial charge in [0.2, 0.25) is 19.5 Å². The van der Waals surface area contributed by atoms with Crippen molar-refractivity contribution in [2.45, 2.75) is 111 Å². The molecule has 6 bridgehead atoms. The van der Waals surface area contributed by atoms with Gasteiger partial charge in [0.1, 0.15) is 0 Å². The topological polar surface area (TPSA) is 185 Å². The highest BCUT2D eigenvalue weighted by Gasteiger charge is 2.86. The molecular weight excluding hydrogens is 974 g/mol. The summed E-state index contributed by atoms with van der Waals surface area (Å²) in [6.45, 7) is 28.2. The highest BCUT2D eigenvalue weighted by Crippen LogP contribution is 2.47. The fraction of sp³-hybridized carbons (Fsp3) is 1.00. The highest BCUT2D eigenvalue weighted by atomic mass is 28.6. The molecule has 0 spiro atoms. The summed E-state index contributed by atoms with van der Waals surface area (Å²) in [6.07, 6.45) is 0. The molecule has 0 N–H and O–H groups in total. The van der Waals surface area contributed by atoms with Crippen molar-refractivity contribution in [2.75, 3.05) is 0 Å². The average molecular weight is 1020 g/mol. The van der Waals surface area contributed by atoms with Crippen molar-refractivity contribution in [3.63, 3.8) is 0 Å². The predicted molar refractivity (Wildman–Crippen MR) is 211 cm³/mol. The van der Waals surface area contributed by atoms with E-state index in [2.05, 4.69) is 10.5 Å². The van der Waals surface area contributed by atoms with E-state index in [1.807, 2.05) is 105 Å². The molecule has 4 atom stereocenters. The molecule has 4 aliphatic heterocycles. The summed E-state index contributed by atoms with van der Waals surface area (Å²) < 4.78 is 135. The van der Waals surface area contributed by atoms with Gasteiger partial charge in [0, 0.05) is 0 Å². The molecule has 20 nitrogen and oxygen atoms in total. The molecule has 0 amide bonds. The Kier molecular flexibility index (Phi) is 17.1. The molecule has 36 heteroatoms. The molecule has 0 saturated carbocycles. The molecule has 0 aromatic heterocycles. The van der Waals surface area contributed by atoms with Gasteiger partial charge in [0.15, 0.2) is 63.3 Å². The summed E-state index contributed by atoms with van der Waals surface area (Å²) in [5, 5.41) is 0. The van der Waals surface area contributed by atoms with Crippen LogP contribution >= 0.6 is 0 Å². The Hall–Kier alpha value is 2.67. The molecule has 0 aromatic rings. The lowest BCUT2D eigenvalue weighted by atomic mass is 11.4. The molecule has 4 unspecified atom stereocenters. The van der Waals surface area contributed by atoms with Gasteiger partial charge >= 0.3 is 63.3 Å². The van der Waals surface area contributed by atoms with Crippen LogP contribution in [0, 0.1) is 0 Å². The molecule has 4 rings (SSSR count). The van der Waals surface area contributed by atoms with Crippen molar-refractivity contribution in [3.8, 4) is 0 Å². The largest absolute Gasteiger partial charge is 0.661 e. The zero-order valence-corrected chi connectivity index (χ0v) is 48.7. The quantitative estimate of drug-likeness (QED) is 0.192. The van der Waals surface area contributed by atoms with Gasteiger partial charge in [-0.05, 0) is 105 Å². The molecule has 0 aliphatic carbocycles. The molecule has 4 saturated heterocycles. The molecule has 4 heterocycles. The molecule has 4 fully saturated rings. The third-order valence-corrected chi connectivity index (χ3v) is 44.5. The van der Waals surface area contributed by atoms with Gasteiger partial charge in [0.25, 0.3) is 6.48 Å². The number of hydrogen-bond acceptors (Lipinski definition) is 20. The van der Waals surface area contributed by atoms with Crippen LogP contribution in [0.2, 0.25) is 105 Å². The summed E-state index contributed by atoms with van der Waals surface area (Å²) in [4.78, 5) is 0. The van der Waals surface area contributed by atoms with Gasteiger partial charge in [-0.15, -0.1) is 0 Å². The maximum Gasteiger partial charge on any atom is 0.661 e. The normalized spacial score (nSPS) is 39.5. The second kappa shape index (κ2) is 18.7. The second-order valence-electron chi connectivity index (χ2n) is 13.1. The fourth-order valence-corrected chi connectivity index (χ4v) is 51.6. The van der Waals surface area contributed by atoms with E-state index in [1.54, 1.807) is 0 Å². The zero-order valence-electron chi connectivity index (χ0n) is 32.7. The SMILES string of the molecule is C[Si](C)OC1O[Si]2(O[Si](C)C)O[Si]3(O[Si](C)C)O[Si](O[Si])(O[Si](C)C)O[Si]4(O[Si](C)C)O[Si](O[Si](C)C)(O1)O[Si](O[Si](C)C)(O2)O[Si](O[Si](C)C)(O3)O4. The molecular formula is C17H49O20Si16. The summed E-state index contributed by atoms with van der Waals surface area (Å²) in [7, 11) is -44.6. The van der Waals surface area contributed by atoms with E-state index in [-0.39, 0.29) is 0 Å². The standard InChI is InChI=1S/C17H49O20Si16/c1-39(2)18-17-19-47(22-40(3)4)29-50(25-43(9)10)30-48(20-17,23-41(5)6)32-52(27-45(13)14)34-49(21-38,24-42(7)8)33-51(31-47,26-44(11)12)36-53(35-50,37-52)28-46(15)16/h17H,1-16H3. The van der Waals surface area contributed by atoms with Crippen LogP contribution in [0.15, 0.2) is 0 Å². The van der Waals surface area contributed by atoms with Crippen molar-refractivity contribution < 1.29 is 83.2 Å². The lowest BCUT2D eigenvalue weighted by Gasteiger charge is -2.55. The van der Waals surface area contributed by atoms with Crippen molar-refractivity contribution in [3.05, 3.63) is 0 Å². The Morgan fingerprint density at radius 2 is 0.585 bits per heavy atom. The first-order valence-electron chi connectivity index (χ1n) is 16.3. The summed E-state index contributed by atoms with van der Waals surface area (Å²) in [6, 6.07) is 0. The fourth-order valence-electron chi connectivity index (χ4n) is 4.52.